The van der Waals surface area contributed by atoms with Gasteiger partial charge in [0.25, 0.3) is 0 Å². The summed E-state index contributed by atoms with van der Waals surface area (Å²) in [4.78, 5) is 26.1. The fourth-order valence-electron chi connectivity index (χ4n) is 1.06. The zero-order valence-corrected chi connectivity index (χ0v) is 12.5. The van der Waals surface area contributed by atoms with E-state index in [1.807, 2.05) is 13.8 Å². The van der Waals surface area contributed by atoms with Gasteiger partial charge < -0.3 is 4.74 Å². The van der Waals surface area contributed by atoms with Crippen molar-refractivity contribution in [1.82, 2.24) is 4.98 Å². The Morgan fingerprint density at radius 3 is 2.47 bits per heavy atom. The van der Waals surface area contributed by atoms with Gasteiger partial charge in [-0.05, 0) is 26.8 Å². The maximum absolute atomic E-state index is 11.5. The van der Waals surface area contributed by atoms with E-state index >= 15 is 0 Å². The molecule has 1 rings (SSSR count). The van der Waals surface area contributed by atoms with Gasteiger partial charge >= 0.3 is 6.09 Å². The molecule has 0 radical (unpaired) electrons. The lowest BCUT2D eigenvalue weighted by molar-refractivity contribution is 0.0635. The summed E-state index contributed by atoms with van der Waals surface area (Å²) >= 11 is 5.78. The lowest BCUT2D eigenvalue weighted by Gasteiger charge is -2.19. The van der Waals surface area contributed by atoms with Crippen LogP contribution in [0.25, 0.3) is 0 Å². The quantitative estimate of drug-likeness (QED) is 0.837. The van der Waals surface area contributed by atoms with Gasteiger partial charge in [0.2, 0.25) is 0 Å². The van der Waals surface area contributed by atoms with Crippen LogP contribution in [0.1, 0.15) is 45.0 Å². The molecule has 1 amide bonds. The van der Waals surface area contributed by atoms with E-state index in [9.17, 15) is 9.59 Å². The predicted octanol–water partition coefficient (Wildman–Crippen LogP) is 3.92. The van der Waals surface area contributed by atoms with E-state index in [1.54, 1.807) is 20.8 Å². The van der Waals surface area contributed by atoms with Gasteiger partial charge in [-0.2, -0.15) is 0 Å². The van der Waals surface area contributed by atoms with Gasteiger partial charge in [0.15, 0.2) is 6.29 Å². The van der Waals surface area contributed by atoms with Crippen molar-refractivity contribution in [2.45, 2.75) is 40.2 Å². The molecule has 0 aliphatic heterocycles. The van der Waals surface area contributed by atoms with E-state index < -0.39 is 11.7 Å². The molecule has 0 atom stereocenters. The zero-order chi connectivity index (χ0) is 15.1. The first-order chi connectivity index (χ1) is 8.83. The van der Waals surface area contributed by atoms with Crippen molar-refractivity contribution in [3.63, 3.8) is 0 Å². The number of hydrogen-bond acceptors (Lipinski definition) is 4. The number of rotatable bonds is 2. The van der Waals surface area contributed by atoms with Crippen LogP contribution in [0, 0.1) is 0 Å². The molecule has 0 aliphatic carbocycles. The molecule has 0 unspecified atom stereocenters. The molecule has 5 nitrogen and oxygen atoms in total. The molecular weight excluding hydrogens is 268 g/mol. The van der Waals surface area contributed by atoms with Gasteiger partial charge in [-0.25, -0.2) is 9.78 Å². The van der Waals surface area contributed by atoms with E-state index in [0.29, 0.717) is 6.29 Å². The normalized spacial score (nSPS) is 10.0. The van der Waals surface area contributed by atoms with Crippen LogP contribution in [0.3, 0.4) is 0 Å². The monoisotopic (exact) mass is 286 g/mol. The van der Waals surface area contributed by atoms with Crippen LogP contribution in [0.5, 0.6) is 0 Å². The molecule has 0 aromatic carbocycles. The Labute approximate surface area is 118 Å². The number of amides is 1. The Morgan fingerprint density at radius 2 is 2.00 bits per heavy atom. The summed E-state index contributed by atoms with van der Waals surface area (Å²) in [5.41, 5.74) is -0.496. The van der Waals surface area contributed by atoms with Crippen LogP contribution in [-0.4, -0.2) is 23.0 Å². The van der Waals surface area contributed by atoms with Crippen molar-refractivity contribution in [3.05, 3.63) is 22.8 Å². The Morgan fingerprint density at radius 1 is 1.42 bits per heavy atom. The highest BCUT2D eigenvalue weighted by Crippen LogP contribution is 2.20. The standard InChI is InChI=1S/C11H13ClN2O3.C2H6/c1-11(2,3)17-10(16)14-9-7(6-15)8(12)4-5-13-9;1-2/h4-6H,1-3H3,(H,13,14,16);1-2H3. The topological polar surface area (TPSA) is 68.3 Å². The molecule has 0 saturated heterocycles. The molecule has 0 aliphatic rings. The minimum Gasteiger partial charge on any atom is -0.444 e. The third kappa shape index (κ3) is 6.20. The second kappa shape index (κ2) is 7.74. The Kier molecular flexibility index (Phi) is 7.08. The summed E-state index contributed by atoms with van der Waals surface area (Å²) in [6.07, 6.45) is 1.24. The first-order valence-electron chi connectivity index (χ1n) is 5.93. The highest BCUT2D eigenvalue weighted by molar-refractivity contribution is 6.33. The highest BCUT2D eigenvalue weighted by atomic mass is 35.5. The molecule has 19 heavy (non-hydrogen) atoms. The largest absolute Gasteiger partial charge is 0.444 e. The van der Waals surface area contributed by atoms with Gasteiger partial charge in [-0.1, -0.05) is 25.4 Å². The molecule has 0 bridgehead atoms. The molecule has 6 heteroatoms. The Balaban J connectivity index is 0.00000154. The SMILES string of the molecule is CC.CC(C)(C)OC(=O)Nc1nccc(Cl)c1C=O. The van der Waals surface area contributed by atoms with E-state index in [2.05, 4.69) is 10.3 Å². The minimum atomic E-state index is -0.685. The molecular formula is C13H19ClN2O3. The number of pyridine rings is 1. The minimum absolute atomic E-state index is 0.0850. The van der Waals surface area contributed by atoms with E-state index in [4.69, 9.17) is 16.3 Å². The van der Waals surface area contributed by atoms with E-state index in [0.717, 1.165) is 0 Å². The number of hydrogen-bond donors (Lipinski definition) is 1. The summed E-state index contributed by atoms with van der Waals surface area (Å²) < 4.78 is 5.03. The third-order valence-corrected chi connectivity index (χ3v) is 2.00. The summed E-state index contributed by atoms with van der Waals surface area (Å²) in [6, 6.07) is 1.46. The van der Waals surface area contributed by atoms with Gasteiger partial charge in [0, 0.05) is 6.20 Å². The number of carbonyl (C=O) groups is 2. The Bertz CT molecular complexity index is 442. The number of anilines is 1. The molecule has 1 heterocycles. The first kappa shape index (κ1) is 17.4. The average molecular weight is 287 g/mol. The van der Waals surface area contributed by atoms with E-state index in [1.165, 1.54) is 12.3 Å². The number of carbonyl (C=O) groups excluding carboxylic acids is 2. The van der Waals surface area contributed by atoms with Gasteiger partial charge in [-0.15, -0.1) is 0 Å². The second-order valence-electron chi connectivity index (χ2n) is 4.30. The van der Waals surface area contributed by atoms with Crippen LogP contribution in [-0.2, 0) is 4.74 Å². The molecule has 106 valence electrons. The fraction of sp³-hybridized carbons (Fsp3) is 0.462. The van der Waals surface area contributed by atoms with Crippen LogP contribution >= 0.6 is 11.6 Å². The smallest absolute Gasteiger partial charge is 0.413 e. The van der Waals surface area contributed by atoms with Crippen LogP contribution < -0.4 is 5.32 Å². The maximum atomic E-state index is 11.5. The van der Waals surface area contributed by atoms with Crippen molar-refractivity contribution in [3.8, 4) is 0 Å². The Hall–Kier alpha value is -1.62. The maximum Gasteiger partial charge on any atom is 0.413 e. The first-order valence-corrected chi connectivity index (χ1v) is 6.31. The average Bonchev–Trinajstić information content (AvgIpc) is 2.29. The van der Waals surface area contributed by atoms with Crippen molar-refractivity contribution in [1.29, 1.82) is 0 Å². The van der Waals surface area contributed by atoms with E-state index in [-0.39, 0.29) is 16.4 Å². The molecule has 0 saturated carbocycles. The molecule has 1 N–H and O–H groups in total. The second-order valence-corrected chi connectivity index (χ2v) is 4.71. The van der Waals surface area contributed by atoms with Gasteiger partial charge in [0.05, 0.1) is 10.6 Å². The molecule has 1 aromatic rings. The highest BCUT2D eigenvalue weighted by Gasteiger charge is 2.18. The summed E-state index contributed by atoms with van der Waals surface area (Å²) in [5.74, 6) is 0.0850. The van der Waals surface area contributed by atoms with Crippen LogP contribution in [0.15, 0.2) is 12.3 Å². The van der Waals surface area contributed by atoms with Gasteiger partial charge in [-0.3, -0.25) is 10.1 Å². The lowest BCUT2D eigenvalue weighted by Crippen LogP contribution is -2.27. The van der Waals surface area contributed by atoms with Crippen molar-refractivity contribution in [2.24, 2.45) is 0 Å². The van der Waals surface area contributed by atoms with Crippen LogP contribution in [0.2, 0.25) is 5.02 Å². The van der Waals surface area contributed by atoms with Gasteiger partial charge in [0.1, 0.15) is 11.4 Å². The third-order valence-electron chi connectivity index (χ3n) is 1.67. The predicted molar refractivity (Wildman–Crippen MR) is 75.8 cm³/mol. The van der Waals surface area contributed by atoms with Crippen molar-refractivity contribution >= 4 is 29.8 Å². The number of aromatic nitrogens is 1. The molecule has 1 aromatic heterocycles. The summed E-state index contributed by atoms with van der Waals surface area (Å²) in [6.45, 7) is 9.20. The summed E-state index contributed by atoms with van der Waals surface area (Å²) in [7, 11) is 0. The van der Waals surface area contributed by atoms with Crippen molar-refractivity contribution in [2.75, 3.05) is 5.32 Å². The van der Waals surface area contributed by atoms with Crippen molar-refractivity contribution < 1.29 is 14.3 Å². The number of halogens is 1. The zero-order valence-electron chi connectivity index (χ0n) is 11.8. The molecule has 0 spiro atoms. The number of nitrogens with one attached hydrogen (secondary N) is 1. The number of aldehydes is 1. The fourth-order valence-corrected chi connectivity index (χ4v) is 1.25. The number of ether oxygens (including phenoxy) is 1. The molecule has 0 fully saturated rings. The lowest BCUT2D eigenvalue weighted by atomic mass is 10.2. The van der Waals surface area contributed by atoms with Crippen LogP contribution in [0.4, 0.5) is 10.6 Å². The summed E-state index contributed by atoms with van der Waals surface area (Å²) in [5, 5.41) is 2.59. The number of nitrogens with zero attached hydrogens (tertiary/aromatic N) is 1.